The van der Waals surface area contributed by atoms with Gasteiger partial charge in [0.15, 0.2) is 5.96 Å². The summed E-state index contributed by atoms with van der Waals surface area (Å²) in [5.74, 6) is 0.913. The van der Waals surface area contributed by atoms with Gasteiger partial charge in [-0.2, -0.15) is 0 Å². The summed E-state index contributed by atoms with van der Waals surface area (Å²) in [5.41, 5.74) is 1.60. The lowest BCUT2D eigenvalue weighted by atomic mass is 9.97. The van der Waals surface area contributed by atoms with Crippen LogP contribution in [0.25, 0.3) is 0 Å². The van der Waals surface area contributed by atoms with E-state index in [0.29, 0.717) is 0 Å². The molecule has 6 heteroatoms. The maximum Gasteiger partial charge on any atom is 0.191 e. The third-order valence-corrected chi connectivity index (χ3v) is 4.26. The quantitative estimate of drug-likeness (QED) is 0.291. The van der Waals surface area contributed by atoms with Crippen molar-refractivity contribution in [2.75, 3.05) is 46.4 Å². The maximum atomic E-state index is 5.76. The van der Waals surface area contributed by atoms with Crippen molar-refractivity contribution in [2.24, 2.45) is 4.99 Å². The van der Waals surface area contributed by atoms with Crippen molar-refractivity contribution in [2.45, 2.75) is 45.1 Å². The molecular weight excluding hydrogens is 403 g/mol. The lowest BCUT2D eigenvalue weighted by Gasteiger charge is -2.29. The van der Waals surface area contributed by atoms with Crippen molar-refractivity contribution in [3.63, 3.8) is 0 Å². The minimum atomic E-state index is 0. The standard InChI is InChI=1S/C17H32N4O.HI/c1-3-18-17(19-10-9-15-7-5-4-6-8-15)20-13-16-14-21(2)11-12-22-16;/h7,16H,3-6,8-14H2,1-2H3,(H2,18,19,20);1H. The Balaban J connectivity index is 0.00000264. The minimum absolute atomic E-state index is 0. The average molecular weight is 436 g/mol. The molecule has 1 unspecified atom stereocenters. The number of hydrogen-bond donors (Lipinski definition) is 2. The topological polar surface area (TPSA) is 48.9 Å². The van der Waals surface area contributed by atoms with Crippen molar-refractivity contribution in [1.29, 1.82) is 0 Å². The van der Waals surface area contributed by atoms with E-state index in [0.717, 1.165) is 51.7 Å². The second-order valence-corrected chi connectivity index (χ2v) is 6.26. The number of ether oxygens (including phenoxy) is 1. The molecule has 1 atom stereocenters. The number of halogens is 1. The van der Waals surface area contributed by atoms with E-state index in [1.165, 1.54) is 25.7 Å². The molecule has 2 N–H and O–H groups in total. The van der Waals surface area contributed by atoms with Gasteiger partial charge in [-0.3, -0.25) is 4.99 Å². The van der Waals surface area contributed by atoms with Gasteiger partial charge in [-0.1, -0.05) is 11.6 Å². The molecule has 1 aliphatic carbocycles. The second-order valence-electron chi connectivity index (χ2n) is 6.26. The SMILES string of the molecule is CCNC(=NCC1CN(C)CCO1)NCCC1=CCCCC1.I. The van der Waals surface area contributed by atoms with Gasteiger partial charge < -0.3 is 20.3 Å². The van der Waals surface area contributed by atoms with Crippen LogP contribution in [0.3, 0.4) is 0 Å². The van der Waals surface area contributed by atoms with Gasteiger partial charge in [0.2, 0.25) is 0 Å². The Hall–Kier alpha value is -0.340. The molecule has 0 aromatic rings. The van der Waals surface area contributed by atoms with Crippen LogP contribution in [-0.2, 0) is 4.74 Å². The summed E-state index contributed by atoms with van der Waals surface area (Å²) < 4.78 is 5.76. The summed E-state index contributed by atoms with van der Waals surface area (Å²) in [6.07, 6.45) is 9.01. The van der Waals surface area contributed by atoms with Crippen molar-refractivity contribution in [3.05, 3.63) is 11.6 Å². The number of morpholine rings is 1. The van der Waals surface area contributed by atoms with Crippen LogP contribution in [0.1, 0.15) is 39.0 Å². The molecule has 0 radical (unpaired) electrons. The van der Waals surface area contributed by atoms with Gasteiger partial charge >= 0.3 is 0 Å². The van der Waals surface area contributed by atoms with E-state index in [9.17, 15) is 0 Å². The summed E-state index contributed by atoms with van der Waals surface area (Å²) in [4.78, 5) is 6.98. The number of allylic oxidation sites excluding steroid dienone is 1. The fourth-order valence-electron chi connectivity index (χ4n) is 2.99. The molecule has 5 nitrogen and oxygen atoms in total. The van der Waals surface area contributed by atoms with Crippen LogP contribution in [0.15, 0.2) is 16.6 Å². The molecule has 2 aliphatic rings. The third-order valence-electron chi connectivity index (χ3n) is 4.26. The monoisotopic (exact) mass is 436 g/mol. The number of likely N-dealkylation sites (N-methyl/N-ethyl adjacent to an activating group) is 1. The molecule has 0 aromatic heterocycles. The fraction of sp³-hybridized carbons (Fsp3) is 0.824. The number of guanidine groups is 1. The lowest BCUT2D eigenvalue weighted by molar-refractivity contribution is -0.0136. The maximum absolute atomic E-state index is 5.76. The van der Waals surface area contributed by atoms with Crippen molar-refractivity contribution in [3.8, 4) is 0 Å². The molecule has 0 bridgehead atoms. The molecule has 0 amide bonds. The van der Waals surface area contributed by atoms with E-state index in [-0.39, 0.29) is 30.1 Å². The number of aliphatic imine (C=N–C) groups is 1. The molecule has 1 heterocycles. The lowest BCUT2D eigenvalue weighted by Crippen LogP contribution is -2.43. The molecule has 0 aromatic carbocycles. The van der Waals surface area contributed by atoms with Crippen LogP contribution in [0.4, 0.5) is 0 Å². The zero-order chi connectivity index (χ0) is 15.6. The highest BCUT2D eigenvalue weighted by Crippen LogP contribution is 2.19. The first-order chi connectivity index (χ1) is 10.8. The van der Waals surface area contributed by atoms with E-state index < -0.39 is 0 Å². The summed E-state index contributed by atoms with van der Waals surface area (Å²) in [6.45, 7) is 7.48. The minimum Gasteiger partial charge on any atom is -0.374 e. The average Bonchev–Trinajstić information content (AvgIpc) is 2.54. The molecule has 2 rings (SSSR count). The van der Waals surface area contributed by atoms with Gasteiger partial charge in [-0.05, 0) is 46.1 Å². The highest BCUT2D eigenvalue weighted by molar-refractivity contribution is 14.0. The van der Waals surface area contributed by atoms with Gasteiger partial charge in [0, 0.05) is 26.2 Å². The Kier molecular flexibility index (Phi) is 10.9. The first-order valence-electron chi connectivity index (χ1n) is 8.78. The Labute approximate surface area is 158 Å². The summed E-state index contributed by atoms with van der Waals surface area (Å²) >= 11 is 0. The number of hydrogen-bond acceptors (Lipinski definition) is 3. The predicted molar refractivity (Wildman–Crippen MR) is 108 cm³/mol. The van der Waals surface area contributed by atoms with Gasteiger partial charge in [0.05, 0.1) is 19.3 Å². The number of nitrogens with one attached hydrogen (secondary N) is 2. The Morgan fingerprint density at radius 3 is 2.96 bits per heavy atom. The molecule has 1 fully saturated rings. The van der Waals surface area contributed by atoms with Crippen LogP contribution in [-0.4, -0.2) is 63.3 Å². The normalized spacial score (nSPS) is 23.0. The number of rotatable bonds is 6. The zero-order valence-electron chi connectivity index (χ0n) is 14.6. The zero-order valence-corrected chi connectivity index (χ0v) is 17.0. The van der Waals surface area contributed by atoms with E-state index in [1.54, 1.807) is 5.57 Å². The van der Waals surface area contributed by atoms with Crippen molar-refractivity contribution >= 4 is 29.9 Å². The largest absolute Gasteiger partial charge is 0.374 e. The second kappa shape index (κ2) is 12.1. The van der Waals surface area contributed by atoms with E-state index >= 15 is 0 Å². The first-order valence-corrected chi connectivity index (χ1v) is 8.78. The first kappa shape index (κ1) is 20.7. The van der Waals surface area contributed by atoms with Gasteiger partial charge in [-0.15, -0.1) is 24.0 Å². The van der Waals surface area contributed by atoms with Crippen LogP contribution in [0.2, 0.25) is 0 Å². The van der Waals surface area contributed by atoms with E-state index in [4.69, 9.17) is 4.74 Å². The Morgan fingerprint density at radius 2 is 2.26 bits per heavy atom. The van der Waals surface area contributed by atoms with Crippen LogP contribution in [0, 0.1) is 0 Å². The van der Waals surface area contributed by atoms with Crippen LogP contribution in [0.5, 0.6) is 0 Å². The molecule has 0 saturated carbocycles. The van der Waals surface area contributed by atoms with E-state index in [2.05, 4.69) is 40.6 Å². The third kappa shape index (κ3) is 8.35. The Bertz CT molecular complexity index is 387. The summed E-state index contributed by atoms with van der Waals surface area (Å²) in [6, 6.07) is 0. The van der Waals surface area contributed by atoms with Crippen molar-refractivity contribution in [1.82, 2.24) is 15.5 Å². The highest BCUT2D eigenvalue weighted by Gasteiger charge is 2.17. The molecular formula is C17H33IN4O. The highest BCUT2D eigenvalue weighted by atomic mass is 127. The smallest absolute Gasteiger partial charge is 0.191 e. The molecule has 0 spiro atoms. The van der Waals surface area contributed by atoms with Crippen LogP contribution < -0.4 is 10.6 Å². The summed E-state index contributed by atoms with van der Waals surface area (Å²) in [5, 5.41) is 6.77. The number of nitrogens with zero attached hydrogens (tertiary/aromatic N) is 2. The fourth-order valence-corrected chi connectivity index (χ4v) is 2.99. The van der Waals surface area contributed by atoms with Crippen molar-refractivity contribution < 1.29 is 4.74 Å². The molecule has 1 aliphatic heterocycles. The van der Waals surface area contributed by atoms with Gasteiger partial charge in [0.1, 0.15) is 0 Å². The van der Waals surface area contributed by atoms with Gasteiger partial charge in [-0.25, -0.2) is 0 Å². The molecule has 1 saturated heterocycles. The molecule has 23 heavy (non-hydrogen) atoms. The Morgan fingerprint density at radius 1 is 1.39 bits per heavy atom. The van der Waals surface area contributed by atoms with Crippen LogP contribution >= 0.6 is 24.0 Å². The van der Waals surface area contributed by atoms with Gasteiger partial charge in [0.25, 0.3) is 0 Å². The molecule has 134 valence electrons. The predicted octanol–water partition coefficient (Wildman–Crippen LogP) is 2.38. The van der Waals surface area contributed by atoms with E-state index in [1.807, 2.05) is 0 Å². The summed E-state index contributed by atoms with van der Waals surface area (Å²) in [7, 11) is 2.14.